The molecule has 0 aliphatic rings. The zero-order valence-corrected chi connectivity index (χ0v) is 10.8. The van der Waals surface area contributed by atoms with E-state index in [1.165, 1.54) is 0 Å². The van der Waals surface area contributed by atoms with Gasteiger partial charge in [0.1, 0.15) is 0 Å². The molecule has 2 nitrogen and oxygen atoms in total. The Balaban J connectivity index is 2.39. The molecule has 0 amide bonds. The van der Waals surface area contributed by atoms with Crippen LogP contribution >= 0.6 is 27.7 Å². The lowest BCUT2D eigenvalue weighted by Crippen LogP contribution is -1.92. The van der Waals surface area contributed by atoms with Crippen molar-refractivity contribution in [3.8, 4) is 0 Å². The topological polar surface area (TPSA) is 22.1 Å². The first kappa shape index (κ1) is 12.0. The minimum atomic E-state index is 0.822. The van der Waals surface area contributed by atoms with E-state index in [2.05, 4.69) is 20.9 Å². The van der Waals surface area contributed by atoms with Crippen LogP contribution in [0.25, 0.3) is 0 Å². The first-order valence-electron chi connectivity index (χ1n) is 4.49. The largest absolute Gasteiger partial charge is 0.385 e. The van der Waals surface area contributed by atoms with Gasteiger partial charge in [-0.2, -0.15) is 0 Å². The third kappa shape index (κ3) is 3.98. The van der Waals surface area contributed by atoms with Gasteiger partial charge in [-0.3, -0.25) is 0 Å². The molecule has 0 spiro atoms. The van der Waals surface area contributed by atoms with E-state index in [4.69, 9.17) is 4.74 Å². The molecule has 0 bridgehead atoms. The van der Waals surface area contributed by atoms with Gasteiger partial charge in [0.15, 0.2) is 0 Å². The molecule has 0 N–H and O–H groups in total. The van der Waals surface area contributed by atoms with E-state index in [1.807, 2.05) is 19.1 Å². The summed E-state index contributed by atoms with van der Waals surface area (Å²) in [5.41, 5.74) is 1.04. The Labute approximate surface area is 97.6 Å². The Morgan fingerprint density at radius 1 is 1.50 bits per heavy atom. The fourth-order valence-electron chi connectivity index (χ4n) is 0.981. The monoisotopic (exact) mass is 275 g/mol. The molecule has 0 aromatic carbocycles. The number of ether oxygens (including phenoxy) is 1. The van der Waals surface area contributed by atoms with E-state index in [1.54, 1.807) is 18.9 Å². The van der Waals surface area contributed by atoms with Crippen LogP contribution in [0.1, 0.15) is 12.1 Å². The van der Waals surface area contributed by atoms with Crippen LogP contribution in [0.5, 0.6) is 0 Å². The van der Waals surface area contributed by atoms with Gasteiger partial charge in [0.05, 0.1) is 10.7 Å². The highest BCUT2D eigenvalue weighted by Gasteiger charge is 1.99. The maximum absolute atomic E-state index is 4.98. The Morgan fingerprint density at radius 3 is 2.93 bits per heavy atom. The number of aromatic nitrogens is 1. The van der Waals surface area contributed by atoms with Gasteiger partial charge >= 0.3 is 0 Å². The van der Waals surface area contributed by atoms with Gasteiger partial charge < -0.3 is 4.74 Å². The molecule has 0 saturated carbocycles. The minimum absolute atomic E-state index is 0.822. The van der Waals surface area contributed by atoms with Crippen molar-refractivity contribution in [3.05, 3.63) is 22.3 Å². The molecule has 1 aromatic heterocycles. The standard InChI is InChI=1S/C10H14BrNOS/c1-8-9(11)4-5-10(12-8)14-7-3-6-13-2/h4-5H,3,6-7H2,1-2H3. The summed E-state index contributed by atoms with van der Waals surface area (Å²) in [5, 5.41) is 1.09. The molecule has 14 heavy (non-hydrogen) atoms. The zero-order valence-electron chi connectivity index (χ0n) is 8.42. The Kier molecular flexibility index (Phi) is 5.52. The van der Waals surface area contributed by atoms with E-state index < -0.39 is 0 Å². The molecular weight excluding hydrogens is 262 g/mol. The lowest BCUT2D eigenvalue weighted by Gasteiger charge is -2.02. The van der Waals surface area contributed by atoms with Crippen molar-refractivity contribution in [3.63, 3.8) is 0 Å². The molecule has 78 valence electrons. The highest BCUT2D eigenvalue weighted by Crippen LogP contribution is 2.21. The van der Waals surface area contributed by atoms with Crippen LogP contribution in [-0.4, -0.2) is 24.5 Å². The maximum Gasteiger partial charge on any atom is 0.0963 e. The first-order valence-corrected chi connectivity index (χ1v) is 6.27. The number of methoxy groups -OCH3 is 1. The van der Waals surface area contributed by atoms with Crippen molar-refractivity contribution in [2.24, 2.45) is 0 Å². The van der Waals surface area contributed by atoms with Crippen molar-refractivity contribution in [2.75, 3.05) is 19.5 Å². The predicted octanol–water partition coefficient (Wildman–Crippen LogP) is 3.28. The molecule has 0 fully saturated rings. The highest BCUT2D eigenvalue weighted by molar-refractivity contribution is 9.10. The number of halogens is 1. The SMILES string of the molecule is COCCCSc1ccc(Br)c(C)n1. The van der Waals surface area contributed by atoms with Crippen molar-refractivity contribution in [1.29, 1.82) is 0 Å². The summed E-state index contributed by atoms with van der Waals surface area (Å²) in [5.74, 6) is 1.06. The van der Waals surface area contributed by atoms with Crippen LogP contribution in [-0.2, 0) is 4.74 Å². The summed E-state index contributed by atoms with van der Waals surface area (Å²) in [4.78, 5) is 4.45. The highest BCUT2D eigenvalue weighted by atomic mass is 79.9. The van der Waals surface area contributed by atoms with Gasteiger partial charge in [0.2, 0.25) is 0 Å². The second-order valence-corrected chi connectivity index (χ2v) is 4.88. The lowest BCUT2D eigenvalue weighted by atomic mass is 10.4. The molecule has 0 saturated heterocycles. The van der Waals surface area contributed by atoms with Gasteiger partial charge in [0, 0.05) is 23.9 Å². The molecule has 0 aliphatic heterocycles. The van der Waals surface area contributed by atoms with Gasteiger partial charge in [-0.15, -0.1) is 11.8 Å². The van der Waals surface area contributed by atoms with Crippen LogP contribution in [0.15, 0.2) is 21.6 Å². The molecule has 0 unspecified atom stereocenters. The van der Waals surface area contributed by atoms with Crippen LogP contribution in [0.2, 0.25) is 0 Å². The summed E-state index contributed by atoms with van der Waals surface area (Å²) in [6, 6.07) is 4.08. The average Bonchev–Trinajstić information content (AvgIpc) is 2.18. The number of aryl methyl sites for hydroxylation is 1. The first-order chi connectivity index (χ1) is 6.74. The van der Waals surface area contributed by atoms with E-state index in [9.17, 15) is 0 Å². The second kappa shape index (κ2) is 6.43. The molecule has 0 aliphatic carbocycles. The van der Waals surface area contributed by atoms with Gasteiger partial charge in [-0.1, -0.05) is 0 Å². The molecule has 1 heterocycles. The van der Waals surface area contributed by atoms with E-state index in [0.29, 0.717) is 0 Å². The van der Waals surface area contributed by atoms with Crippen molar-refractivity contribution in [1.82, 2.24) is 4.98 Å². The molecule has 0 atom stereocenters. The predicted molar refractivity (Wildman–Crippen MR) is 63.9 cm³/mol. The minimum Gasteiger partial charge on any atom is -0.385 e. The number of rotatable bonds is 5. The molecule has 0 radical (unpaired) electrons. The fourth-order valence-corrected chi connectivity index (χ4v) is 2.04. The van der Waals surface area contributed by atoms with Gasteiger partial charge in [-0.25, -0.2) is 4.98 Å². The molecule has 1 rings (SSSR count). The molecule has 4 heteroatoms. The van der Waals surface area contributed by atoms with Crippen LogP contribution < -0.4 is 0 Å². The summed E-state index contributed by atoms with van der Waals surface area (Å²) < 4.78 is 6.05. The van der Waals surface area contributed by atoms with Crippen molar-refractivity contribution >= 4 is 27.7 Å². The van der Waals surface area contributed by atoms with E-state index in [-0.39, 0.29) is 0 Å². The summed E-state index contributed by atoms with van der Waals surface area (Å²) in [6.45, 7) is 2.83. The van der Waals surface area contributed by atoms with Crippen LogP contribution in [0, 0.1) is 6.92 Å². The zero-order chi connectivity index (χ0) is 10.4. The number of pyridine rings is 1. The van der Waals surface area contributed by atoms with E-state index >= 15 is 0 Å². The quantitative estimate of drug-likeness (QED) is 0.608. The van der Waals surface area contributed by atoms with Crippen molar-refractivity contribution in [2.45, 2.75) is 18.4 Å². The summed E-state index contributed by atoms with van der Waals surface area (Å²) in [6.07, 6.45) is 1.07. The number of hydrogen-bond acceptors (Lipinski definition) is 3. The van der Waals surface area contributed by atoms with Crippen LogP contribution in [0.3, 0.4) is 0 Å². The molecular formula is C10H14BrNOS. The third-order valence-electron chi connectivity index (χ3n) is 1.74. The summed E-state index contributed by atoms with van der Waals surface area (Å²) >= 11 is 5.20. The van der Waals surface area contributed by atoms with Gasteiger partial charge in [-0.05, 0) is 41.4 Å². The number of thioether (sulfide) groups is 1. The molecule has 1 aromatic rings. The lowest BCUT2D eigenvalue weighted by molar-refractivity contribution is 0.200. The number of nitrogens with zero attached hydrogens (tertiary/aromatic N) is 1. The Morgan fingerprint density at radius 2 is 2.29 bits per heavy atom. The smallest absolute Gasteiger partial charge is 0.0963 e. The maximum atomic E-state index is 4.98. The second-order valence-electron chi connectivity index (χ2n) is 2.91. The third-order valence-corrected chi connectivity index (χ3v) is 3.59. The average molecular weight is 276 g/mol. The number of hydrogen-bond donors (Lipinski definition) is 0. The van der Waals surface area contributed by atoms with Gasteiger partial charge in [0.25, 0.3) is 0 Å². The Hall–Kier alpha value is -0.0600. The van der Waals surface area contributed by atoms with E-state index in [0.717, 1.165) is 34.0 Å². The van der Waals surface area contributed by atoms with Crippen molar-refractivity contribution < 1.29 is 4.74 Å². The summed E-state index contributed by atoms with van der Waals surface area (Å²) in [7, 11) is 1.73. The Bertz CT molecular complexity index is 293. The fraction of sp³-hybridized carbons (Fsp3) is 0.500. The normalized spacial score (nSPS) is 10.5. The van der Waals surface area contributed by atoms with Crippen LogP contribution in [0.4, 0.5) is 0 Å².